The number of carbonyl (C=O) groups is 3. The molecule has 45 heavy (non-hydrogen) atoms. The monoisotopic (exact) mass is 627 g/mol. The van der Waals surface area contributed by atoms with Gasteiger partial charge in [-0.15, -0.1) is 0 Å². The minimum atomic E-state index is -2.23. The zero-order valence-corrected chi connectivity index (χ0v) is 25.8. The van der Waals surface area contributed by atoms with Crippen LogP contribution in [0.3, 0.4) is 0 Å². The van der Waals surface area contributed by atoms with Crippen LogP contribution in [0.1, 0.15) is 102 Å². The Hall–Kier alpha value is -3.39. The second-order valence-electron chi connectivity index (χ2n) is 11.9. The standard InChI is InChI=1S/C31H35NO11.C2H6/c1-13-26(35)17(32-14-5-3-6-14)9-21(42-13)43-19-11-31(40,20(34)12-33)10-16-23(19)30(39)25-24(28(16)37)27(36)15-7-4-8-18(41-2)22(15)29(25)38;1-2/h4,7-8,13-14,17,19,21,26,32-33,35,37,39-40H,3,5-6,9-12H2,1-2H3;1-2H3/t13?,17?,19-,21?,26?,31-;/m0./s1. The number of aromatic hydroxyl groups is 2. The first-order valence-corrected chi connectivity index (χ1v) is 15.5. The van der Waals surface area contributed by atoms with Crippen molar-refractivity contribution in [3.05, 3.63) is 51.6 Å². The summed E-state index contributed by atoms with van der Waals surface area (Å²) in [7, 11) is 1.34. The summed E-state index contributed by atoms with van der Waals surface area (Å²) in [6, 6.07) is 4.29. The highest BCUT2D eigenvalue weighted by Crippen LogP contribution is 2.52. The maximum Gasteiger partial charge on any atom is 0.202 e. The molecule has 0 spiro atoms. The lowest BCUT2D eigenvalue weighted by molar-refractivity contribution is -0.250. The Balaban J connectivity index is 0.00000196. The summed E-state index contributed by atoms with van der Waals surface area (Å²) in [4.78, 5) is 40.2. The van der Waals surface area contributed by atoms with Crippen molar-refractivity contribution in [2.24, 2.45) is 0 Å². The number of rotatable bonds is 7. The molecule has 244 valence electrons. The number of hydrogen-bond donors (Lipinski definition) is 6. The Morgan fingerprint density at radius 3 is 2.40 bits per heavy atom. The molecule has 6 rings (SSSR count). The summed E-state index contributed by atoms with van der Waals surface area (Å²) in [6.45, 7) is 4.68. The Morgan fingerprint density at radius 2 is 1.78 bits per heavy atom. The molecule has 1 heterocycles. The van der Waals surface area contributed by atoms with E-state index in [-0.39, 0.29) is 46.5 Å². The smallest absolute Gasteiger partial charge is 0.202 e. The highest BCUT2D eigenvalue weighted by atomic mass is 16.7. The second-order valence-corrected chi connectivity index (χ2v) is 11.9. The summed E-state index contributed by atoms with van der Waals surface area (Å²) in [6.07, 6.45) is -1.49. The molecule has 4 unspecified atom stereocenters. The molecule has 0 bridgehead atoms. The van der Waals surface area contributed by atoms with Gasteiger partial charge in [0.15, 0.2) is 17.9 Å². The summed E-state index contributed by atoms with van der Waals surface area (Å²) in [5, 5.41) is 58.3. The van der Waals surface area contributed by atoms with Crippen molar-refractivity contribution in [3.8, 4) is 17.2 Å². The second kappa shape index (κ2) is 12.8. The molecule has 2 aromatic carbocycles. The molecule has 1 saturated heterocycles. The zero-order valence-electron chi connectivity index (χ0n) is 25.8. The average molecular weight is 628 g/mol. The molecule has 6 atom stereocenters. The fraction of sp³-hybridized carbons (Fsp3) is 0.545. The third kappa shape index (κ3) is 5.53. The molecule has 2 fully saturated rings. The number of aliphatic hydroxyl groups excluding tert-OH is 2. The Bertz CT molecular complexity index is 1500. The van der Waals surface area contributed by atoms with Crippen LogP contribution in [0, 0.1) is 0 Å². The van der Waals surface area contributed by atoms with Gasteiger partial charge in [-0.25, -0.2) is 0 Å². The van der Waals surface area contributed by atoms with Crippen LogP contribution in [0.5, 0.6) is 17.2 Å². The number of carbonyl (C=O) groups excluding carboxylic acids is 3. The van der Waals surface area contributed by atoms with Gasteiger partial charge in [-0.2, -0.15) is 0 Å². The van der Waals surface area contributed by atoms with E-state index >= 15 is 0 Å². The fourth-order valence-corrected chi connectivity index (χ4v) is 6.76. The minimum absolute atomic E-state index is 0.0371. The topological polar surface area (TPSA) is 192 Å². The summed E-state index contributed by atoms with van der Waals surface area (Å²) >= 11 is 0. The van der Waals surface area contributed by atoms with Crippen LogP contribution >= 0.6 is 0 Å². The molecule has 3 aliphatic carbocycles. The van der Waals surface area contributed by atoms with Crippen LogP contribution < -0.4 is 10.1 Å². The van der Waals surface area contributed by atoms with Crippen molar-refractivity contribution >= 4 is 17.3 Å². The number of phenols is 2. The van der Waals surface area contributed by atoms with E-state index in [9.17, 15) is 39.9 Å². The fourth-order valence-electron chi connectivity index (χ4n) is 6.76. The SMILES string of the molecule is CC.COc1cccc2c1C(=O)c1c(O)c3c(c(O)c1C2=O)C[C@@](O)(C(=O)CO)C[C@@H]3OC1CC(NC2CCC2)C(O)C(C)O1. The average Bonchev–Trinajstić information content (AvgIpc) is 3.01. The third-order valence-corrected chi connectivity index (χ3v) is 9.32. The number of aliphatic hydroxyl groups is 3. The first-order valence-electron chi connectivity index (χ1n) is 15.5. The predicted molar refractivity (Wildman–Crippen MR) is 160 cm³/mol. The molecular formula is C33H41NO11. The van der Waals surface area contributed by atoms with Crippen molar-refractivity contribution in [3.63, 3.8) is 0 Å². The van der Waals surface area contributed by atoms with Crippen molar-refractivity contribution < 1.29 is 54.1 Å². The molecule has 0 aromatic heterocycles. The highest BCUT2D eigenvalue weighted by Gasteiger charge is 2.50. The van der Waals surface area contributed by atoms with Gasteiger partial charge >= 0.3 is 0 Å². The van der Waals surface area contributed by atoms with Gasteiger partial charge in [0.05, 0.1) is 42.1 Å². The maximum atomic E-state index is 13.8. The van der Waals surface area contributed by atoms with Gasteiger partial charge in [0.1, 0.15) is 29.5 Å². The van der Waals surface area contributed by atoms with Crippen molar-refractivity contribution in [1.29, 1.82) is 0 Å². The lowest BCUT2D eigenvalue weighted by Crippen LogP contribution is -2.57. The molecule has 4 aliphatic rings. The van der Waals surface area contributed by atoms with Crippen LogP contribution in [0.2, 0.25) is 0 Å². The predicted octanol–water partition coefficient (Wildman–Crippen LogP) is 2.21. The maximum absolute atomic E-state index is 13.8. The number of hydrogen-bond acceptors (Lipinski definition) is 12. The van der Waals surface area contributed by atoms with E-state index in [2.05, 4.69) is 5.32 Å². The van der Waals surface area contributed by atoms with E-state index in [1.807, 2.05) is 13.8 Å². The zero-order chi connectivity index (χ0) is 32.8. The molecule has 6 N–H and O–H groups in total. The Labute approximate surface area is 260 Å². The summed E-state index contributed by atoms with van der Waals surface area (Å²) < 4.78 is 17.5. The van der Waals surface area contributed by atoms with Crippen molar-refractivity contribution in [2.75, 3.05) is 13.7 Å². The first kappa shape index (κ1) is 33.0. The number of nitrogens with one attached hydrogen (secondary N) is 1. The van der Waals surface area contributed by atoms with E-state index in [1.165, 1.54) is 25.3 Å². The lowest BCUT2D eigenvalue weighted by atomic mass is 9.72. The van der Waals surface area contributed by atoms with Gasteiger partial charge in [0.2, 0.25) is 5.78 Å². The first-order chi connectivity index (χ1) is 21.5. The van der Waals surface area contributed by atoms with Crippen LogP contribution in [0.4, 0.5) is 0 Å². The molecular weight excluding hydrogens is 586 g/mol. The van der Waals surface area contributed by atoms with E-state index in [4.69, 9.17) is 14.2 Å². The van der Waals surface area contributed by atoms with Crippen molar-refractivity contribution in [1.82, 2.24) is 5.32 Å². The number of benzene rings is 2. The van der Waals surface area contributed by atoms with Gasteiger partial charge in [0, 0.05) is 48.0 Å². The Morgan fingerprint density at radius 1 is 1.09 bits per heavy atom. The summed E-state index contributed by atoms with van der Waals surface area (Å²) in [5.41, 5.74) is -3.46. The van der Waals surface area contributed by atoms with E-state index in [0.717, 1.165) is 19.3 Å². The highest BCUT2D eigenvalue weighted by molar-refractivity contribution is 6.31. The van der Waals surface area contributed by atoms with Crippen molar-refractivity contribution in [2.45, 2.75) is 102 Å². The van der Waals surface area contributed by atoms with E-state index < -0.39 is 89.6 Å². The van der Waals surface area contributed by atoms with Gasteiger partial charge in [-0.3, -0.25) is 14.4 Å². The van der Waals surface area contributed by atoms with Gasteiger partial charge in [0.25, 0.3) is 0 Å². The Kier molecular flexibility index (Phi) is 9.37. The normalized spacial score (nSPS) is 29.0. The van der Waals surface area contributed by atoms with Gasteiger partial charge in [-0.1, -0.05) is 32.4 Å². The molecule has 12 nitrogen and oxygen atoms in total. The lowest BCUT2D eigenvalue weighted by Gasteiger charge is -2.44. The van der Waals surface area contributed by atoms with Gasteiger partial charge in [-0.05, 0) is 25.8 Å². The summed E-state index contributed by atoms with van der Waals surface area (Å²) in [5.74, 6) is -3.64. The number of ether oxygens (including phenoxy) is 3. The quantitative estimate of drug-likeness (QED) is 0.210. The number of Topliss-reactive ketones (excluding diaryl/α,β-unsaturated/α-hetero) is 1. The number of fused-ring (bicyclic) bond motifs is 3. The molecule has 1 aliphatic heterocycles. The third-order valence-electron chi connectivity index (χ3n) is 9.32. The van der Waals surface area contributed by atoms with Gasteiger partial charge < -0.3 is 45.1 Å². The molecule has 1 saturated carbocycles. The number of methoxy groups -OCH3 is 1. The van der Waals surface area contributed by atoms with Crippen LogP contribution in [0.15, 0.2) is 18.2 Å². The van der Waals surface area contributed by atoms with Crippen LogP contribution in [-0.2, 0) is 20.7 Å². The number of phenolic OH excluding ortho intramolecular Hbond substituents is 2. The van der Waals surface area contributed by atoms with E-state index in [0.29, 0.717) is 0 Å². The van der Waals surface area contributed by atoms with E-state index in [1.54, 1.807) is 6.92 Å². The number of ketones is 3. The largest absolute Gasteiger partial charge is 0.507 e. The van der Waals surface area contributed by atoms with Crippen LogP contribution in [-0.4, -0.2) is 92.8 Å². The molecule has 0 amide bonds. The molecule has 12 heteroatoms. The molecule has 2 aromatic rings. The molecule has 0 radical (unpaired) electrons. The minimum Gasteiger partial charge on any atom is -0.507 e. The van der Waals surface area contributed by atoms with Crippen LogP contribution in [0.25, 0.3) is 0 Å².